The van der Waals surface area contributed by atoms with Crippen LogP contribution in [-0.4, -0.2) is 89.1 Å². The third kappa shape index (κ3) is 8.35. The molecule has 9 nitrogen and oxygen atoms in total. The van der Waals surface area contributed by atoms with Gasteiger partial charge in [0.15, 0.2) is 0 Å². The lowest BCUT2D eigenvalue weighted by Crippen LogP contribution is -2.57. The molecule has 1 N–H and O–H groups in total. The van der Waals surface area contributed by atoms with Crippen LogP contribution < -0.4 is 5.32 Å². The molecule has 0 spiro atoms. The van der Waals surface area contributed by atoms with E-state index in [0.717, 1.165) is 22.3 Å². The number of pyridine rings is 1. The molecule has 0 bridgehead atoms. The molecule has 3 atom stereocenters. The first-order chi connectivity index (χ1) is 21.3. The summed E-state index contributed by atoms with van der Waals surface area (Å²) in [7, 11) is 0. The molecule has 45 heavy (non-hydrogen) atoms. The topological polar surface area (TPSA) is 87.2 Å². The fourth-order valence-corrected chi connectivity index (χ4v) is 6.32. The lowest BCUT2D eigenvalue weighted by molar-refractivity contribution is -0.143. The first-order valence-corrected chi connectivity index (χ1v) is 15.4. The van der Waals surface area contributed by atoms with E-state index in [1.807, 2.05) is 52.0 Å². The number of carbonyl (C=O) groups is 2. The van der Waals surface area contributed by atoms with Crippen molar-refractivity contribution in [3.05, 3.63) is 65.5 Å². The number of likely N-dealkylation sites (tertiary alicyclic amines) is 1. The molecule has 3 aliphatic heterocycles. The molecule has 1 aromatic heterocycles. The van der Waals surface area contributed by atoms with Gasteiger partial charge in [-0.05, 0) is 80.5 Å². The minimum absolute atomic E-state index is 0.0731. The molecule has 4 heterocycles. The maximum atomic E-state index is 13.8. The Labute approximate surface area is 262 Å². The second kappa shape index (κ2) is 13.4. The average Bonchev–Trinajstić information content (AvgIpc) is 3.44. The van der Waals surface area contributed by atoms with E-state index in [4.69, 9.17) is 9.47 Å². The molecule has 12 heteroatoms. The molecule has 5 rings (SSSR count). The van der Waals surface area contributed by atoms with Crippen LogP contribution in [0.5, 0.6) is 0 Å². The van der Waals surface area contributed by atoms with E-state index in [2.05, 4.69) is 21.3 Å². The van der Waals surface area contributed by atoms with Gasteiger partial charge < -0.3 is 19.7 Å². The predicted octanol–water partition coefficient (Wildman–Crippen LogP) is 6.62. The van der Waals surface area contributed by atoms with Crippen molar-refractivity contribution in [2.45, 2.75) is 70.9 Å². The van der Waals surface area contributed by atoms with Gasteiger partial charge in [-0.3, -0.25) is 14.8 Å². The molecule has 2 aromatic rings. The van der Waals surface area contributed by atoms with Crippen molar-refractivity contribution in [3.8, 4) is 0 Å². The van der Waals surface area contributed by atoms with Crippen molar-refractivity contribution in [2.24, 2.45) is 5.92 Å². The van der Waals surface area contributed by atoms with Crippen LogP contribution in [0.3, 0.4) is 0 Å². The van der Waals surface area contributed by atoms with Crippen molar-refractivity contribution in [2.75, 3.05) is 44.7 Å². The van der Waals surface area contributed by atoms with Crippen LogP contribution in [0.25, 0.3) is 5.57 Å². The van der Waals surface area contributed by atoms with E-state index in [1.165, 1.54) is 4.90 Å². The Morgan fingerprint density at radius 3 is 2.53 bits per heavy atom. The second-order valence-electron chi connectivity index (χ2n) is 13.0. The molecule has 2 saturated heterocycles. The molecule has 0 saturated carbocycles. The number of alkyl halides is 3. The van der Waals surface area contributed by atoms with Gasteiger partial charge in [0.25, 0.3) is 0 Å². The number of anilines is 1. The summed E-state index contributed by atoms with van der Waals surface area (Å²) in [5.74, 6) is -0.592. The number of carbonyl (C=O) groups excluding carboxylic acids is 2. The predicted molar refractivity (Wildman–Crippen MR) is 164 cm³/mol. The van der Waals surface area contributed by atoms with Crippen molar-refractivity contribution in [1.29, 1.82) is 0 Å². The largest absolute Gasteiger partial charge is 0.444 e. The summed E-state index contributed by atoms with van der Waals surface area (Å²) in [4.78, 5) is 36.7. The zero-order valence-corrected chi connectivity index (χ0v) is 26.3. The molecule has 2 unspecified atom stereocenters. The number of morpholine rings is 1. The maximum Gasteiger partial charge on any atom is 0.412 e. The van der Waals surface area contributed by atoms with Gasteiger partial charge in [-0.2, -0.15) is 13.2 Å². The maximum absolute atomic E-state index is 13.8. The van der Waals surface area contributed by atoms with Gasteiger partial charge in [-0.1, -0.05) is 18.2 Å². The number of aromatic nitrogens is 1. The van der Waals surface area contributed by atoms with E-state index >= 15 is 0 Å². The number of aryl methyl sites for hydroxylation is 1. The summed E-state index contributed by atoms with van der Waals surface area (Å²) >= 11 is 0. The Bertz CT molecular complexity index is 1390. The first kappa shape index (κ1) is 32.7. The molecular formula is C33H42F3N5O4. The number of nitrogens with zero attached hydrogens (tertiary/aromatic N) is 4. The third-order valence-electron chi connectivity index (χ3n) is 8.41. The lowest BCUT2D eigenvalue weighted by Gasteiger charge is -2.47. The van der Waals surface area contributed by atoms with Crippen LogP contribution in [0.1, 0.15) is 62.8 Å². The van der Waals surface area contributed by atoms with E-state index in [1.54, 1.807) is 23.4 Å². The minimum atomic E-state index is -4.25. The standard InChI is InChI=1S/C33H42F3N5O4/c1-22-7-8-26(38-30(42)40-11-9-23(21-40)19-33(34,35)36)18-27(22)25-16-28(24-6-5-10-37-20-24)41(31(43)45-32(2,3)4)29(17-25)39-12-14-44-15-13-39/h5-8,10,16,18,20,23,28-29H,9,11-15,17,19,21H2,1-4H3,(H,38,42)/t23-,28?,29?/m0/s1. The minimum Gasteiger partial charge on any atom is -0.444 e. The summed E-state index contributed by atoms with van der Waals surface area (Å²) in [6.45, 7) is 10.3. The fraction of sp³-hybridized carbons (Fsp3) is 0.545. The highest BCUT2D eigenvalue weighted by molar-refractivity contribution is 5.90. The second-order valence-corrected chi connectivity index (χ2v) is 13.0. The summed E-state index contributed by atoms with van der Waals surface area (Å²) < 4.78 is 50.3. The number of urea groups is 1. The van der Waals surface area contributed by atoms with Gasteiger partial charge in [-0.25, -0.2) is 9.59 Å². The molecule has 244 valence electrons. The molecular weight excluding hydrogens is 587 g/mol. The molecule has 1 aromatic carbocycles. The molecule has 0 radical (unpaired) electrons. The summed E-state index contributed by atoms with van der Waals surface area (Å²) in [5, 5.41) is 2.90. The van der Waals surface area contributed by atoms with Crippen molar-refractivity contribution in [3.63, 3.8) is 0 Å². The number of ether oxygens (including phenoxy) is 2. The van der Waals surface area contributed by atoms with E-state index in [-0.39, 0.29) is 19.3 Å². The Hall–Kier alpha value is -3.64. The van der Waals surface area contributed by atoms with E-state index in [9.17, 15) is 22.8 Å². The Kier molecular flexibility index (Phi) is 9.74. The van der Waals surface area contributed by atoms with Crippen LogP contribution in [0.2, 0.25) is 0 Å². The average molecular weight is 630 g/mol. The first-order valence-electron chi connectivity index (χ1n) is 15.4. The highest BCUT2D eigenvalue weighted by Gasteiger charge is 2.41. The van der Waals surface area contributed by atoms with Gasteiger partial charge in [-0.15, -0.1) is 0 Å². The normalized spacial score (nSPS) is 23.1. The number of amides is 3. The van der Waals surface area contributed by atoms with Gasteiger partial charge in [0.1, 0.15) is 5.60 Å². The Morgan fingerprint density at radius 1 is 1.11 bits per heavy atom. The number of hydrogen-bond donors (Lipinski definition) is 1. The molecule has 3 aliphatic rings. The van der Waals surface area contributed by atoms with Crippen LogP contribution in [-0.2, 0) is 9.47 Å². The zero-order valence-electron chi connectivity index (χ0n) is 26.3. The molecule has 3 amide bonds. The smallest absolute Gasteiger partial charge is 0.412 e. The number of rotatable bonds is 5. The van der Waals surface area contributed by atoms with Gasteiger partial charge in [0, 0.05) is 57.1 Å². The highest BCUT2D eigenvalue weighted by atomic mass is 19.4. The quantitative estimate of drug-likeness (QED) is 0.400. The number of hydrogen-bond acceptors (Lipinski definition) is 6. The van der Waals surface area contributed by atoms with Gasteiger partial charge >= 0.3 is 18.3 Å². The molecule has 2 fully saturated rings. The summed E-state index contributed by atoms with van der Waals surface area (Å²) in [6.07, 6.45) is 0.459. The van der Waals surface area contributed by atoms with E-state index in [0.29, 0.717) is 44.8 Å². The monoisotopic (exact) mass is 629 g/mol. The van der Waals surface area contributed by atoms with Crippen LogP contribution in [0.15, 0.2) is 48.8 Å². The van der Waals surface area contributed by atoms with Crippen LogP contribution >= 0.6 is 0 Å². The van der Waals surface area contributed by atoms with Crippen molar-refractivity contribution >= 4 is 23.4 Å². The SMILES string of the molecule is Cc1ccc(NC(=O)N2CC[C@@H](CC(F)(F)F)C2)cc1C1=CC(c2cccnc2)N(C(=O)OC(C)(C)C)C(N2CCOCC2)C1. The Balaban J connectivity index is 1.46. The summed E-state index contributed by atoms with van der Waals surface area (Å²) in [5.41, 5.74) is 3.60. The van der Waals surface area contributed by atoms with Crippen molar-refractivity contribution < 1.29 is 32.2 Å². The van der Waals surface area contributed by atoms with Crippen molar-refractivity contribution in [1.82, 2.24) is 19.7 Å². The number of halogens is 3. The summed E-state index contributed by atoms with van der Waals surface area (Å²) in [6, 6.07) is 8.52. The van der Waals surface area contributed by atoms with Gasteiger partial charge in [0.2, 0.25) is 0 Å². The number of nitrogens with one attached hydrogen (secondary N) is 1. The van der Waals surface area contributed by atoms with E-state index < -0.39 is 42.3 Å². The number of benzene rings is 1. The fourth-order valence-electron chi connectivity index (χ4n) is 6.32. The zero-order chi connectivity index (χ0) is 32.4. The van der Waals surface area contributed by atoms with Crippen LogP contribution in [0, 0.1) is 12.8 Å². The van der Waals surface area contributed by atoms with Crippen LogP contribution in [0.4, 0.5) is 28.4 Å². The molecule has 0 aliphatic carbocycles. The highest BCUT2D eigenvalue weighted by Crippen LogP contribution is 2.41. The lowest BCUT2D eigenvalue weighted by atomic mass is 9.88. The Morgan fingerprint density at radius 2 is 1.87 bits per heavy atom. The third-order valence-corrected chi connectivity index (χ3v) is 8.41. The van der Waals surface area contributed by atoms with Gasteiger partial charge in [0.05, 0.1) is 25.4 Å².